The van der Waals surface area contributed by atoms with E-state index in [0.717, 1.165) is 13.0 Å². The molecule has 2 nitrogen and oxygen atoms in total. The molecule has 0 aliphatic carbocycles. The van der Waals surface area contributed by atoms with Gasteiger partial charge in [-0.2, -0.15) is 0 Å². The first-order valence-electron chi connectivity index (χ1n) is 6.84. The van der Waals surface area contributed by atoms with Crippen molar-refractivity contribution < 1.29 is 9.13 Å². The molecule has 1 heterocycles. The summed E-state index contributed by atoms with van der Waals surface area (Å²) >= 11 is 6.10. The van der Waals surface area contributed by atoms with E-state index < -0.39 is 0 Å². The third-order valence-electron chi connectivity index (χ3n) is 3.55. The van der Waals surface area contributed by atoms with E-state index in [0.29, 0.717) is 35.7 Å². The van der Waals surface area contributed by atoms with Gasteiger partial charge in [0.25, 0.3) is 0 Å². The molecule has 2 rings (SSSR count). The normalized spacial score (nSPS) is 23.8. The zero-order valence-corrected chi connectivity index (χ0v) is 12.2. The largest absolute Gasteiger partial charge is 0.381 e. The van der Waals surface area contributed by atoms with Gasteiger partial charge < -0.3 is 10.1 Å². The fourth-order valence-electron chi connectivity index (χ4n) is 2.64. The second-order valence-electron chi connectivity index (χ2n) is 5.46. The Morgan fingerprint density at radius 2 is 2.26 bits per heavy atom. The fraction of sp³-hybridized carbons (Fsp3) is 0.600. The average molecular weight is 286 g/mol. The highest BCUT2D eigenvalue weighted by molar-refractivity contribution is 6.31. The van der Waals surface area contributed by atoms with Gasteiger partial charge in [-0.15, -0.1) is 0 Å². The molecule has 19 heavy (non-hydrogen) atoms. The molecule has 0 spiro atoms. The first-order chi connectivity index (χ1) is 9.08. The lowest BCUT2D eigenvalue weighted by Crippen LogP contribution is -2.46. The Balaban J connectivity index is 2.11. The van der Waals surface area contributed by atoms with Crippen molar-refractivity contribution in [3.63, 3.8) is 0 Å². The molecule has 1 aliphatic rings. The Kier molecular flexibility index (Phi) is 5.20. The van der Waals surface area contributed by atoms with E-state index >= 15 is 0 Å². The van der Waals surface area contributed by atoms with Crippen LogP contribution in [-0.2, 0) is 11.2 Å². The number of hydrogen-bond donors (Lipinski definition) is 1. The van der Waals surface area contributed by atoms with Crippen molar-refractivity contribution in [1.29, 1.82) is 0 Å². The Bertz CT molecular complexity index is 404. The molecule has 0 saturated carbocycles. The van der Waals surface area contributed by atoms with Crippen LogP contribution in [0.2, 0.25) is 5.02 Å². The summed E-state index contributed by atoms with van der Waals surface area (Å²) in [6, 6.07) is 5.64. The molecule has 1 aliphatic heterocycles. The highest BCUT2D eigenvalue weighted by Gasteiger charge is 2.27. The van der Waals surface area contributed by atoms with Crippen molar-refractivity contribution in [2.24, 2.45) is 5.92 Å². The van der Waals surface area contributed by atoms with Crippen LogP contribution in [0.15, 0.2) is 18.2 Å². The second kappa shape index (κ2) is 6.69. The number of ether oxygens (including phenoxy) is 1. The molecule has 2 atom stereocenters. The van der Waals surface area contributed by atoms with Gasteiger partial charge in [0, 0.05) is 35.2 Å². The SMILES string of the molecule is CC(C)N[C@@H]1CCOC[C@@H]1Cc1c(F)cccc1Cl. The van der Waals surface area contributed by atoms with Crippen molar-refractivity contribution >= 4 is 11.6 Å². The molecule has 1 aromatic rings. The Hall–Kier alpha value is -0.640. The van der Waals surface area contributed by atoms with Crippen LogP contribution < -0.4 is 5.32 Å². The first-order valence-corrected chi connectivity index (χ1v) is 7.22. The Morgan fingerprint density at radius 3 is 2.95 bits per heavy atom. The van der Waals surface area contributed by atoms with Crippen molar-refractivity contribution in [2.45, 2.75) is 38.8 Å². The average Bonchev–Trinajstić information content (AvgIpc) is 2.35. The molecule has 4 heteroatoms. The van der Waals surface area contributed by atoms with E-state index in [4.69, 9.17) is 16.3 Å². The monoisotopic (exact) mass is 285 g/mol. The van der Waals surface area contributed by atoms with Gasteiger partial charge >= 0.3 is 0 Å². The Labute approximate surface area is 119 Å². The summed E-state index contributed by atoms with van der Waals surface area (Å²) < 4.78 is 19.4. The summed E-state index contributed by atoms with van der Waals surface area (Å²) in [6.07, 6.45) is 1.59. The molecule has 1 aromatic carbocycles. The van der Waals surface area contributed by atoms with Crippen molar-refractivity contribution in [2.75, 3.05) is 13.2 Å². The Morgan fingerprint density at radius 1 is 1.47 bits per heavy atom. The van der Waals surface area contributed by atoms with E-state index in [1.54, 1.807) is 12.1 Å². The van der Waals surface area contributed by atoms with Crippen molar-refractivity contribution in [3.05, 3.63) is 34.6 Å². The fourth-order valence-corrected chi connectivity index (χ4v) is 2.88. The number of nitrogens with one attached hydrogen (secondary N) is 1. The standard InChI is InChI=1S/C15H21ClFNO/c1-10(2)18-15-6-7-19-9-11(15)8-12-13(16)4-3-5-14(12)17/h3-5,10-11,15,18H,6-9H2,1-2H3/t11-,15+/m0/s1. The maximum absolute atomic E-state index is 13.8. The molecule has 0 amide bonds. The third-order valence-corrected chi connectivity index (χ3v) is 3.90. The second-order valence-corrected chi connectivity index (χ2v) is 5.86. The maximum Gasteiger partial charge on any atom is 0.127 e. The number of hydrogen-bond acceptors (Lipinski definition) is 2. The molecule has 0 radical (unpaired) electrons. The van der Waals surface area contributed by atoms with E-state index in [1.807, 2.05) is 0 Å². The van der Waals surface area contributed by atoms with Crippen LogP contribution in [0.25, 0.3) is 0 Å². The van der Waals surface area contributed by atoms with Crippen LogP contribution in [0.1, 0.15) is 25.8 Å². The lowest BCUT2D eigenvalue weighted by atomic mass is 9.89. The summed E-state index contributed by atoms with van der Waals surface area (Å²) in [6.45, 7) is 5.69. The molecule has 1 fully saturated rings. The first kappa shape index (κ1) is 14.8. The topological polar surface area (TPSA) is 21.3 Å². The van der Waals surface area contributed by atoms with Gasteiger partial charge in [0.05, 0.1) is 6.61 Å². The lowest BCUT2D eigenvalue weighted by molar-refractivity contribution is 0.0297. The van der Waals surface area contributed by atoms with Crippen LogP contribution in [0.3, 0.4) is 0 Å². The summed E-state index contributed by atoms with van der Waals surface area (Å²) in [7, 11) is 0. The highest BCUT2D eigenvalue weighted by atomic mass is 35.5. The quantitative estimate of drug-likeness (QED) is 0.915. The molecule has 0 unspecified atom stereocenters. The van der Waals surface area contributed by atoms with Crippen LogP contribution in [-0.4, -0.2) is 25.3 Å². The zero-order chi connectivity index (χ0) is 13.8. The van der Waals surface area contributed by atoms with E-state index in [2.05, 4.69) is 19.2 Å². The molecule has 0 bridgehead atoms. The van der Waals surface area contributed by atoms with Gasteiger partial charge in [-0.25, -0.2) is 4.39 Å². The van der Waals surface area contributed by atoms with Crippen LogP contribution in [0, 0.1) is 11.7 Å². The highest BCUT2D eigenvalue weighted by Crippen LogP contribution is 2.26. The van der Waals surface area contributed by atoms with Crippen LogP contribution >= 0.6 is 11.6 Å². The predicted octanol–water partition coefficient (Wildman–Crippen LogP) is 3.42. The molecule has 0 aromatic heterocycles. The minimum Gasteiger partial charge on any atom is -0.381 e. The smallest absolute Gasteiger partial charge is 0.127 e. The summed E-state index contributed by atoms with van der Waals surface area (Å²) in [5, 5.41) is 4.05. The maximum atomic E-state index is 13.8. The van der Waals surface area contributed by atoms with Gasteiger partial charge in [0.15, 0.2) is 0 Å². The van der Waals surface area contributed by atoms with Gasteiger partial charge in [-0.3, -0.25) is 0 Å². The minimum absolute atomic E-state index is 0.221. The van der Waals surface area contributed by atoms with Gasteiger partial charge in [-0.1, -0.05) is 31.5 Å². The molecule has 1 saturated heterocycles. The summed E-state index contributed by atoms with van der Waals surface area (Å²) in [5.41, 5.74) is 0.607. The molecular weight excluding hydrogens is 265 g/mol. The van der Waals surface area contributed by atoms with E-state index in [1.165, 1.54) is 6.07 Å². The van der Waals surface area contributed by atoms with E-state index in [9.17, 15) is 4.39 Å². The molecule has 1 N–H and O–H groups in total. The van der Waals surface area contributed by atoms with E-state index in [-0.39, 0.29) is 11.7 Å². The van der Waals surface area contributed by atoms with Gasteiger partial charge in [-0.05, 0) is 25.0 Å². The van der Waals surface area contributed by atoms with Crippen LogP contribution in [0.5, 0.6) is 0 Å². The number of rotatable bonds is 4. The molecule has 106 valence electrons. The van der Waals surface area contributed by atoms with Crippen molar-refractivity contribution in [3.8, 4) is 0 Å². The van der Waals surface area contributed by atoms with Gasteiger partial charge in [0.1, 0.15) is 5.82 Å². The molecular formula is C15H21ClFNO. The number of benzene rings is 1. The zero-order valence-electron chi connectivity index (χ0n) is 11.5. The summed E-state index contributed by atoms with van der Waals surface area (Å²) in [5.74, 6) is 0.0481. The third kappa shape index (κ3) is 3.91. The number of halogens is 2. The van der Waals surface area contributed by atoms with Gasteiger partial charge in [0.2, 0.25) is 0 Å². The van der Waals surface area contributed by atoms with Crippen LogP contribution in [0.4, 0.5) is 4.39 Å². The van der Waals surface area contributed by atoms with Crippen molar-refractivity contribution in [1.82, 2.24) is 5.32 Å². The lowest BCUT2D eigenvalue weighted by Gasteiger charge is -2.34. The summed E-state index contributed by atoms with van der Waals surface area (Å²) in [4.78, 5) is 0. The minimum atomic E-state index is -0.221. The predicted molar refractivity (Wildman–Crippen MR) is 76.1 cm³/mol.